The van der Waals surface area contributed by atoms with Crippen molar-refractivity contribution in [3.8, 4) is 11.3 Å². The summed E-state index contributed by atoms with van der Waals surface area (Å²) in [6.07, 6.45) is 8.04. The summed E-state index contributed by atoms with van der Waals surface area (Å²) in [7, 11) is 0. The van der Waals surface area contributed by atoms with Crippen molar-refractivity contribution in [3.05, 3.63) is 59.1 Å². The fourth-order valence-electron chi connectivity index (χ4n) is 2.77. The van der Waals surface area contributed by atoms with Gasteiger partial charge in [0, 0.05) is 17.7 Å². The maximum absolute atomic E-state index is 4.70. The Morgan fingerprint density at radius 1 is 1.26 bits per heavy atom. The minimum Gasteiger partial charge on any atom is -0.253 e. The Labute approximate surface area is 115 Å². The molecule has 0 atom stereocenters. The van der Waals surface area contributed by atoms with Crippen LogP contribution >= 0.6 is 0 Å². The fraction of sp³-hybridized carbons (Fsp3) is 0.333. The lowest BCUT2D eigenvalue weighted by Gasteiger charge is -2.20. The first-order valence-electron chi connectivity index (χ1n) is 7.11. The molecule has 0 N–H and O–H groups in total. The predicted octanol–water partition coefficient (Wildman–Crippen LogP) is 4.39. The molecule has 1 nitrogen and oxygen atoms in total. The molecule has 19 heavy (non-hydrogen) atoms. The van der Waals surface area contributed by atoms with E-state index in [9.17, 15) is 0 Å². The fourth-order valence-corrected chi connectivity index (χ4v) is 2.77. The van der Waals surface area contributed by atoms with Crippen LogP contribution in [-0.4, -0.2) is 4.98 Å². The van der Waals surface area contributed by atoms with E-state index in [1.807, 2.05) is 0 Å². The minimum absolute atomic E-state index is 1.06. The van der Waals surface area contributed by atoms with Gasteiger partial charge < -0.3 is 0 Å². The van der Waals surface area contributed by atoms with Crippen molar-refractivity contribution in [1.29, 1.82) is 0 Å². The summed E-state index contributed by atoms with van der Waals surface area (Å²) in [6, 6.07) is 10.9. The second kappa shape index (κ2) is 5.16. The summed E-state index contributed by atoms with van der Waals surface area (Å²) in [5.74, 6) is 0. The van der Waals surface area contributed by atoms with Gasteiger partial charge in [0.2, 0.25) is 0 Å². The van der Waals surface area contributed by atoms with Crippen LogP contribution < -0.4 is 0 Å². The van der Waals surface area contributed by atoms with E-state index in [0.29, 0.717) is 0 Å². The maximum atomic E-state index is 4.70. The summed E-state index contributed by atoms with van der Waals surface area (Å²) in [5.41, 5.74) is 7.62. The van der Waals surface area contributed by atoms with E-state index < -0.39 is 0 Å². The predicted molar refractivity (Wildman–Crippen MR) is 79.1 cm³/mol. The van der Waals surface area contributed by atoms with Crippen molar-refractivity contribution in [3.63, 3.8) is 0 Å². The van der Waals surface area contributed by atoms with E-state index in [2.05, 4.69) is 50.6 Å². The average Bonchev–Trinajstić information content (AvgIpc) is 2.46. The molecule has 0 bridgehead atoms. The molecule has 3 rings (SSSR count). The second-order valence-electron chi connectivity index (χ2n) is 5.22. The number of rotatable bonds is 2. The Morgan fingerprint density at radius 3 is 2.95 bits per heavy atom. The largest absolute Gasteiger partial charge is 0.253 e. The molecule has 1 aromatic heterocycles. The number of aryl methyl sites for hydroxylation is 2. The van der Waals surface area contributed by atoms with Gasteiger partial charge in [0.25, 0.3) is 0 Å². The zero-order valence-electron chi connectivity index (χ0n) is 11.7. The molecule has 0 saturated heterocycles. The molecule has 0 spiro atoms. The first-order valence-corrected chi connectivity index (χ1v) is 7.11. The Balaban J connectivity index is 2.18. The molecule has 0 unspecified atom stereocenters. The van der Waals surface area contributed by atoms with Crippen molar-refractivity contribution >= 4 is 0 Å². The van der Waals surface area contributed by atoms with E-state index in [-0.39, 0.29) is 0 Å². The average molecular weight is 249 g/mol. The molecule has 1 aliphatic carbocycles. The van der Waals surface area contributed by atoms with Crippen molar-refractivity contribution in [2.75, 3.05) is 0 Å². The molecule has 2 radical (unpaired) electrons. The van der Waals surface area contributed by atoms with Gasteiger partial charge in [-0.15, -0.1) is 0 Å². The van der Waals surface area contributed by atoms with Crippen LogP contribution in [0.15, 0.2) is 30.3 Å². The molecule has 2 aromatic rings. The third-order valence-corrected chi connectivity index (χ3v) is 3.80. The van der Waals surface area contributed by atoms with Gasteiger partial charge in [-0.3, -0.25) is 4.98 Å². The van der Waals surface area contributed by atoms with Gasteiger partial charge in [0.15, 0.2) is 0 Å². The Kier molecular flexibility index (Phi) is 3.37. The van der Waals surface area contributed by atoms with Gasteiger partial charge in [0.05, 0.1) is 5.69 Å². The summed E-state index contributed by atoms with van der Waals surface area (Å²) >= 11 is 0. The second-order valence-corrected chi connectivity index (χ2v) is 5.22. The van der Waals surface area contributed by atoms with Crippen LogP contribution in [0.2, 0.25) is 0 Å². The third-order valence-electron chi connectivity index (χ3n) is 3.80. The standard InChI is InChI=1S/C18H19N/c1-3-14-11-15-8-4-5-9-16(15)17(12-14)18-10-6-7-13(2)19-18/h6-7,10-12H,3-5,9H2,1-2H3. The number of pyridine rings is 1. The highest BCUT2D eigenvalue weighted by Crippen LogP contribution is 2.33. The summed E-state index contributed by atoms with van der Waals surface area (Å²) in [4.78, 5) is 4.70. The van der Waals surface area contributed by atoms with Crippen LogP contribution in [0, 0.1) is 13.3 Å². The number of hydrogen-bond donors (Lipinski definition) is 0. The van der Waals surface area contributed by atoms with Crippen LogP contribution in [0.25, 0.3) is 11.3 Å². The zero-order chi connectivity index (χ0) is 13.2. The molecule has 1 heterocycles. The van der Waals surface area contributed by atoms with Gasteiger partial charge in [-0.2, -0.15) is 0 Å². The quantitative estimate of drug-likeness (QED) is 0.769. The summed E-state index contributed by atoms with van der Waals surface area (Å²) in [5, 5.41) is 0. The number of benzene rings is 1. The molecule has 1 heteroatoms. The Hall–Kier alpha value is -1.63. The molecule has 96 valence electrons. The lowest BCUT2D eigenvalue weighted by Crippen LogP contribution is -2.05. The lowest BCUT2D eigenvalue weighted by molar-refractivity contribution is 0.774. The summed E-state index contributed by atoms with van der Waals surface area (Å²) in [6.45, 7) is 4.26. The highest BCUT2D eigenvalue weighted by molar-refractivity contribution is 5.68. The zero-order valence-corrected chi connectivity index (χ0v) is 11.7. The number of fused-ring (bicyclic) bond motifs is 1. The van der Waals surface area contributed by atoms with Gasteiger partial charge in [-0.05, 0) is 67.5 Å². The van der Waals surface area contributed by atoms with E-state index in [0.717, 1.165) is 30.7 Å². The monoisotopic (exact) mass is 249 g/mol. The van der Waals surface area contributed by atoms with Crippen molar-refractivity contribution in [2.24, 2.45) is 0 Å². The first kappa shape index (κ1) is 12.4. The lowest BCUT2D eigenvalue weighted by atomic mass is 9.85. The van der Waals surface area contributed by atoms with Crippen LogP contribution in [-0.2, 0) is 12.8 Å². The van der Waals surface area contributed by atoms with E-state index in [1.165, 1.54) is 28.7 Å². The number of hydrogen-bond acceptors (Lipinski definition) is 1. The smallest absolute Gasteiger partial charge is 0.0708 e. The first-order chi connectivity index (χ1) is 9.28. The molecule has 0 saturated carbocycles. The minimum atomic E-state index is 1.06. The van der Waals surface area contributed by atoms with E-state index in [1.54, 1.807) is 0 Å². The van der Waals surface area contributed by atoms with Crippen LogP contribution in [0.3, 0.4) is 0 Å². The molecule has 1 aromatic carbocycles. The van der Waals surface area contributed by atoms with Gasteiger partial charge in [-0.25, -0.2) is 0 Å². The highest BCUT2D eigenvalue weighted by Gasteiger charge is 2.16. The highest BCUT2D eigenvalue weighted by atomic mass is 14.7. The molecular weight excluding hydrogens is 230 g/mol. The number of aromatic nitrogens is 1. The maximum Gasteiger partial charge on any atom is 0.0708 e. The van der Waals surface area contributed by atoms with Crippen molar-refractivity contribution in [1.82, 2.24) is 4.98 Å². The van der Waals surface area contributed by atoms with Crippen molar-refractivity contribution < 1.29 is 0 Å². The van der Waals surface area contributed by atoms with Crippen LogP contribution in [0.4, 0.5) is 0 Å². The molecule has 0 fully saturated rings. The molecule has 0 amide bonds. The summed E-state index contributed by atoms with van der Waals surface area (Å²) < 4.78 is 0. The van der Waals surface area contributed by atoms with Crippen LogP contribution in [0.5, 0.6) is 0 Å². The van der Waals surface area contributed by atoms with Crippen molar-refractivity contribution in [2.45, 2.75) is 39.5 Å². The topological polar surface area (TPSA) is 12.9 Å². The molecular formula is C18H19N. The van der Waals surface area contributed by atoms with E-state index >= 15 is 0 Å². The molecule has 0 aliphatic heterocycles. The SMILES string of the molecule is CCc1cc2c(c(-c3cccc(C)n3)c1)CCC[C]2. The van der Waals surface area contributed by atoms with Crippen LogP contribution in [0.1, 0.15) is 42.1 Å². The van der Waals surface area contributed by atoms with E-state index in [4.69, 9.17) is 4.98 Å². The van der Waals surface area contributed by atoms with Gasteiger partial charge in [0.1, 0.15) is 0 Å². The Morgan fingerprint density at radius 2 is 2.16 bits per heavy atom. The van der Waals surface area contributed by atoms with Gasteiger partial charge >= 0.3 is 0 Å². The molecule has 1 aliphatic rings. The van der Waals surface area contributed by atoms with Gasteiger partial charge in [-0.1, -0.05) is 19.1 Å². The number of nitrogens with zero attached hydrogens (tertiary/aromatic N) is 1. The third kappa shape index (κ3) is 2.42. The Bertz CT molecular complexity index is 599. The normalized spacial score (nSPS) is 14.2.